The molecule has 0 heterocycles. The summed E-state index contributed by atoms with van der Waals surface area (Å²) in [5.41, 5.74) is 2.52. The highest BCUT2D eigenvalue weighted by Crippen LogP contribution is 2.12. The maximum atomic E-state index is 5.19. The van der Waals surface area contributed by atoms with Crippen LogP contribution in [0.3, 0.4) is 0 Å². The summed E-state index contributed by atoms with van der Waals surface area (Å²) >= 11 is 0. The van der Waals surface area contributed by atoms with Gasteiger partial charge in [0.1, 0.15) is 11.5 Å². The van der Waals surface area contributed by atoms with Crippen molar-refractivity contribution in [3.8, 4) is 11.5 Å². The Morgan fingerprint density at radius 3 is 1.85 bits per heavy atom. The second kappa shape index (κ2) is 11.0. The molecule has 0 aromatic heterocycles. The Bertz CT molecular complexity index is 667. The number of methoxy groups -OCH3 is 2. The third-order valence-corrected chi connectivity index (χ3v) is 4.04. The van der Waals surface area contributed by atoms with Gasteiger partial charge in [0.2, 0.25) is 0 Å². The molecular formula is C21H29N3O2. The van der Waals surface area contributed by atoms with E-state index in [0.717, 1.165) is 49.9 Å². The molecular weight excluding hydrogens is 326 g/mol. The molecule has 2 rings (SSSR count). The zero-order valence-electron chi connectivity index (χ0n) is 15.9. The second-order valence-corrected chi connectivity index (χ2v) is 5.88. The molecule has 2 N–H and O–H groups in total. The van der Waals surface area contributed by atoms with E-state index in [1.54, 1.807) is 14.2 Å². The van der Waals surface area contributed by atoms with E-state index in [4.69, 9.17) is 9.47 Å². The molecule has 5 nitrogen and oxygen atoms in total. The van der Waals surface area contributed by atoms with Crippen molar-refractivity contribution in [3.05, 3.63) is 59.7 Å². The fraction of sp³-hybridized carbons (Fsp3) is 0.381. The summed E-state index contributed by atoms with van der Waals surface area (Å²) in [6.45, 7) is 4.49. The van der Waals surface area contributed by atoms with E-state index < -0.39 is 0 Å². The minimum atomic E-state index is 0.740. The molecule has 5 heteroatoms. The summed E-state index contributed by atoms with van der Waals surface area (Å²) < 4.78 is 10.4. The van der Waals surface area contributed by atoms with Crippen molar-refractivity contribution in [2.75, 3.05) is 33.9 Å². The molecule has 26 heavy (non-hydrogen) atoms. The normalized spacial score (nSPS) is 11.1. The van der Waals surface area contributed by atoms with Crippen molar-refractivity contribution in [1.82, 2.24) is 10.6 Å². The number of aliphatic imine (C=N–C) groups is 1. The quantitative estimate of drug-likeness (QED) is 0.536. The molecule has 0 amide bonds. The Morgan fingerprint density at radius 1 is 0.808 bits per heavy atom. The number of hydrogen-bond donors (Lipinski definition) is 2. The molecule has 2 aromatic rings. The van der Waals surface area contributed by atoms with Gasteiger partial charge in [-0.15, -0.1) is 0 Å². The van der Waals surface area contributed by atoms with Gasteiger partial charge in [-0.05, 0) is 55.2 Å². The van der Waals surface area contributed by atoms with Gasteiger partial charge in [0.15, 0.2) is 5.96 Å². The number of rotatable bonds is 9. The molecule has 0 saturated heterocycles. The van der Waals surface area contributed by atoms with Gasteiger partial charge >= 0.3 is 0 Å². The van der Waals surface area contributed by atoms with Crippen LogP contribution in [0.15, 0.2) is 53.5 Å². The topological polar surface area (TPSA) is 54.9 Å². The van der Waals surface area contributed by atoms with Crippen LogP contribution < -0.4 is 20.1 Å². The van der Waals surface area contributed by atoms with Crippen LogP contribution in [0.1, 0.15) is 18.1 Å². The smallest absolute Gasteiger partial charge is 0.191 e. The highest BCUT2D eigenvalue weighted by atomic mass is 16.5. The van der Waals surface area contributed by atoms with Gasteiger partial charge in [-0.2, -0.15) is 0 Å². The highest BCUT2D eigenvalue weighted by Gasteiger charge is 1.99. The minimum absolute atomic E-state index is 0.740. The first kappa shape index (κ1) is 19.6. The third kappa shape index (κ3) is 6.67. The number of ether oxygens (including phenoxy) is 2. The summed E-state index contributed by atoms with van der Waals surface area (Å²) in [6, 6.07) is 16.3. The minimum Gasteiger partial charge on any atom is -0.497 e. The van der Waals surface area contributed by atoms with Crippen LogP contribution in [0, 0.1) is 0 Å². The Balaban J connectivity index is 1.79. The fourth-order valence-electron chi connectivity index (χ4n) is 2.55. The van der Waals surface area contributed by atoms with Crippen molar-refractivity contribution in [3.63, 3.8) is 0 Å². The number of nitrogens with one attached hydrogen (secondary N) is 2. The molecule has 0 bridgehead atoms. The lowest BCUT2D eigenvalue weighted by Gasteiger charge is -2.11. The molecule has 0 radical (unpaired) electrons. The lowest BCUT2D eigenvalue weighted by Crippen LogP contribution is -2.38. The van der Waals surface area contributed by atoms with E-state index in [9.17, 15) is 0 Å². The van der Waals surface area contributed by atoms with Crippen molar-refractivity contribution in [1.29, 1.82) is 0 Å². The fourth-order valence-corrected chi connectivity index (χ4v) is 2.55. The van der Waals surface area contributed by atoms with E-state index in [1.165, 1.54) is 11.1 Å². The SMILES string of the molecule is CCNC(=NCCc1ccc(OC)cc1)NCCc1ccc(OC)cc1. The van der Waals surface area contributed by atoms with Gasteiger partial charge in [0, 0.05) is 19.6 Å². The van der Waals surface area contributed by atoms with Crippen LogP contribution >= 0.6 is 0 Å². The van der Waals surface area contributed by atoms with Crippen LogP contribution in [0.5, 0.6) is 11.5 Å². The lowest BCUT2D eigenvalue weighted by molar-refractivity contribution is 0.414. The Labute approximate surface area is 156 Å². The molecule has 0 unspecified atom stereocenters. The maximum absolute atomic E-state index is 5.19. The Hall–Kier alpha value is -2.69. The average molecular weight is 355 g/mol. The first-order valence-corrected chi connectivity index (χ1v) is 9.03. The number of benzene rings is 2. The van der Waals surface area contributed by atoms with Gasteiger partial charge in [-0.3, -0.25) is 4.99 Å². The molecule has 0 aliphatic heterocycles. The first-order chi connectivity index (χ1) is 12.7. The Kier molecular flexibility index (Phi) is 8.33. The molecule has 0 aliphatic rings. The van der Waals surface area contributed by atoms with Crippen molar-refractivity contribution < 1.29 is 9.47 Å². The van der Waals surface area contributed by atoms with Gasteiger partial charge in [0.05, 0.1) is 14.2 Å². The van der Waals surface area contributed by atoms with Crippen molar-refractivity contribution in [2.24, 2.45) is 4.99 Å². The molecule has 140 valence electrons. The molecule has 2 aromatic carbocycles. The highest BCUT2D eigenvalue weighted by molar-refractivity contribution is 5.79. The standard InChI is InChI=1S/C21H29N3O2/c1-4-22-21(23-15-13-17-5-9-19(25-2)10-6-17)24-16-14-18-7-11-20(26-3)12-8-18/h5-12H,4,13-16H2,1-3H3,(H2,22,23,24). The van der Waals surface area contributed by atoms with Gasteiger partial charge in [0.25, 0.3) is 0 Å². The summed E-state index contributed by atoms with van der Waals surface area (Å²) in [7, 11) is 3.36. The summed E-state index contributed by atoms with van der Waals surface area (Å²) in [5.74, 6) is 2.62. The van der Waals surface area contributed by atoms with Crippen LogP contribution in [-0.4, -0.2) is 39.8 Å². The van der Waals surface area contributed by atoms with Gasteiger partial charge in [-0.1, -0.05) is 24.3 Å². The van der Waals surface area contributed by atoms with Crippen LogP contribution in [-0.2, 0) is 12.8 Å². The van der Waals surface area contributed by atoms with E-state index >= 15 is 0 Å². The van der Waals surface area contributed by atoms with E-state index in [-0.39, 0.29) is 0 Å². The molecule has 0 aliphatic carbocycles. The molecule has 0 saturated carbocycles. The Morgan fingerprint density at radius 2 is 1.35 bits per heavy atom. The molecule has 0 atom stereocenters. The monoisotopic (exact) mass is 355 g/mol. The van der Waals surface area contributed by atoms with E-state index in [2.05, 4.69) is 46.8 Å². The van der Waals surface area contributed by atoms with Gasteiger partial charge in [-0.25, -0.2) is 0 Å². The first-order valence-electron chi connectivity index (χ1n) is 9.03. The van der Waals surface area contributed by atoms with Gasteiger partial charge < -0.3 is 20.1 Å². The lowest BCUT2D eigenvalue weighted by atomic mass is 10.1. The summed E-state index contributed by atoms with van der Waals surface area (Å²) in [5, 5.41) is 6.68. The van der Waals surface area contributed by atoms with Crippen LogP contribution in [0.4, 0.5) is 0 Å². The third-order valence-electron chi connectivity index (χ3n) is 4.04. The second-order valence-electron chi connectivity index (χ2n) is 5.88. The molecule has 0 spiro atoms. The predicted molar refractivity (Wildman–Crippen MR) is 107 cm³/mol. The van der Waals surface area contributed by atoms with Crippen LogP contribution in [0.2, 0.25) is 0 Å². The van der Waals surface area contributed by atoms with Crippen LogP contribution in [0.25, 0.3) is 0 Å². The predicted octanol–water partition coefficient (Wildman–Crippen LogP) is 3.04. The largest absolute Gasteiger partial charge is 0.497 e. The zero-order chi connectivity index (χ0) is 18.6. The molecule has 0 fully saturated rings. The number of guanidine groups is 1. The van der Waals surface area contributed by atoms with E-state index in [1.807, 2.05) is 24.3 Å². The average Bonchev–Trinajstić information content (AvgIpc) is 2.69. The summed E-state index contributed by atoms with van der Waals surface area (Å²) in [6.07, 6.45) is 1.84. The van der Waals surface area contributed by atoms with Crippen molar-refractivity contribution in [2.45, 2.75) is 19.8 Å². The maximum Gasteiger partial charge on any atom is 0.191 e. The zero-order valence-corrected chi connectivity index (χ0v) is 15.9. The summed E-state index contributed by atoms with van der Waals surface area (Å²) in [4.78, 5) is 4.65. The van der Waals surface area contributed by atoms with Crippen molar-refractivity contribution >= 4 is 5.96 Å². The van der Waals surface area contributed by atoms with E-state index in [0.29, 0.717) is 0 Å². The number of nitrogens with zero attached hydrogens (tertiary/aromatic N) is 1. The number of hydrogen-bond acceptors (Lipinski definition) is 3.